The van der Waals surface area contributed by atoms with E-state index < -0.39 is 0 Å². The SMILES string of the molecule is CC(Nc1ccccc1C#N)c1cc2c(s1)CCCC2. The Morgan fingerprint density at radius 3 is 2.85 bits per heavy atom. The molecule has 0 saturated heterocycles. The molecule has 0 fully saturated rings. The molecule has 1 aliphatic carbocycles. The summed E-state index contributed by atoms with van der Waals surface area (Å²) in [7, 11) is 0. The lowest BCUT2D eigenvalue weighted by atomic mass is 9.99. The zero-order valence-corrected chi connectivity index (χ0v) is 12.5. The molecule has 3 heteroatoms. The summed E-state index contributed by atoms with van der Waals surface area (Å²) in [6, 6.07) is 12.5. The van der Waals surface area contributed by atoms with Crippen molar-refractivity contribution in [3.63, 3.8) is 0 Å². The Labute approximate surface area is 124 Å². The predicted octanol–water partition coefficient (Wildman–Crippen LogP) is 4.67. The molecule has 102 valence electrons. The normalized spacial score (nSPS) is 15.2. The van der Waals surface area contributed by atoms with Crippen LogP contribution in [0.2, 0.25) is 0 Å². The van der Waals surface area contributed by atoms with Crippen molar-refractivity contribution in [3.8, 4) is 6.07 Å². The van der Waals surface area contributed by atoms with Crippen LogP contribution in [-0.2, 0) is 12.8 Å². The molecule has 3 rings (SSSR count). The summed E-state index contributed by atoms with van der Waals surface area (Å²) in [5, 5.41) is 12.6. The van der Waals surface area contributed by atoms with Crippen molar-refractivity contribution in [1.29, 1.82) is 5.26 Å². The lowest BCUT2D eigenvalue weighted by molar-refractivity contribution is 0.696. The van der Waals surface area contributed by atoms with Gasteiger partial charge in [0.05, 0.1) is 17.3 Å². The molecule has 1 aromatic carbocycles. The van der Waals surface area contributed by atoms with Crippen molar-refractivity contribution in [2.24, 2.45) is 0 Å². The molecule has 0 radical (unpaired) electrons. The van der Waals surface area contributed by atoms with Gasteiger partial charge in [-0.25, -0.2) is 0 Å². The zero-order valence-electron chi connectivity index (χ0n) is 11.6. The molecule has 0 saturated carbocycles. The topological polar surface area (TPSA) is 35.8 Å². The van der Waals surface area contributed by atoms with Gasteiger partial charge in [0, 0.05) is 9.75 Å². The summed E-state index contributed by atoms with van der Waals surface area (Å²) in [4.78, 5) is 2.94. The molecule has 1 unspecified atom stereocenters. The van der Waals surface area contributed by atoms with Gasteiger partial charge in [0.25, 0.3) is 0 Å². The molecule has 0 amide bonds. The Hall–Kier alpha value is -1.79. The number of para-hydroxylation sites is 1. The number of rotatable bonds is 3. The molecule has 2 aromatic rings. The van der Waals surface area contributed by atoms with E-state index in [0.29, 0.717) is 5.56 Å². The fraction of sp³-hybridized carbons (Fsp3) is 0.353. The number of aryl methyl sites for hydroxylation is 2. The van der Waals surface area contributed by atoms with E-state index in [-0.39, 0.29) is 6.04 Å². The van der Waals surface area contributed by atoms with Crippen LogP contribution < -0.4 is 5.32 Å². The lowest BCUT2D eigenvalue weighted by Gasteiger charge is -2.14. The average molecular weight is 282 g/mol. The number of hydrogen-bond acceptors (Lipinski definition) is 3. The molecular formula is C17H18N2S. The average Bonchev–Trinajstić information content (AvgIpc) is 2.92. The summed E-state index contributed by atoms with van der Waals surface area (Å²) in [6.45, 7) is 2.17. The molecule has 1 aromatic heterocycles. The van der Waals surface area contributed by atoms with Gasteiger partial charge in [-0.05, 0) is 56.4 Å². The first-order chi connectivity index (χ1) is 9.78. The molecule has 1 aliphatic rings. The Morgan fingerprint density at radius 1 is 1.25 bits per heavy atom. The summed E-state index contributed by atoms with van der Waals surface area (Å²) >= 11 is 1.93. The summed E-state index contributed by atoms with van der Waals surface area (Å²) in [5.41, 5.74) is 3.17. The molecule has 0 bridgehead atoms. The first-order valence-corrected chi connectivity index (χ1v) is 7.96. The van der Waals surface area contributed by atoms with Gasteiger partial charge in [0.15, 0.2) is 0 Å². The van der Waals surface area contributed by atoms with Crippen LogP contribution in [0.3, 0.4) is 0 Å². The highest BCUT2D eigenvalue weighted by molar-refractivity contribution is 7.12. The summed E-state index contributed by atoms with van der Waals surface area (Å²) < 4.78 is 0. The van der Waals surface area contributed by atoms with E-state index in [2.05, 4.69) is 24.4 Å². The van der Waals surface area contributed by atoms with Crippen LogP contribution in [0.15, 0.2) is 30.3 Å². The van der Waals surface area contributed by atoms with Gasteiger partial charge < -0.3 is 5.32 Å². The van der Waals surface area contributed by atoms with E-state index in [1.54, 1.807) is 10.4 Å². The molecule has 1 N–H and O–H groups in total. The molecule has 1 atom stereocenters. The van der Waals surface area contributed by atoms with Gasteiger partial charge >= 0.3 is 0 Å². The summed E-state index contributed by atoms with van der Waals surface area (Å²) in [6.07, 6.45) is 5.11. The highest BCUT2D eigenvalue weighted by Gasteiger charge is 2.17. The van der Waals surface area contributed by atoms with Crippen LogP contribution in [0.25, 0.3) is 0 Å². The van der Waals surface area contributed by atoms with Crippen LogP contribution >= 0.6 is 11.3 Å². The van der Waals surface area contributed by atoms with Crippen LogP contribution in [0.5, 0.6) is 0 Å². The van der Waals surface area contributed by atoms with Crippen molar-refractivity contribution < 1.29 is 0 Å². The molecule has 0 spiro atoms. The number of fused-ring (bicyclic) bond motifs is 1. The summed E-state index contributed by atoms with van der Waals surface area (Å²) in [5.74, 6) is 0. The number of nitrogens with one attached hydrogen (secondary N) is 1. The molecule has 0 aliphatic heterocycles. The monoisotopic (exact) mass is 282 g/mol. The smallest absolute Gasteiger partial charge is 0.101 e. The van der Waals surface area contributed by atoms with Crippen molar-refractivity contribution in [1.82, 2.24) is 0 Å². The third-order valence-electron chi connectivity index (χ3n) is 3.86. The quantitative estimate of drug-likeness (QED) is 0.887. The number of hydrogen-bond donors (Lipinski definition) is 1. The van der Waals surface area contributed by atoms with Gasteiger partial charge in [-0.2, -0.15) is 5.26 Å². The van der Waals surface area contributed by atoms with Crippen molar-refractivity contribution in [2.45, 2.75) is 38.6 Å². The number of thiophene rings is 1. The van der Waals surface area contributed by atoms with E-state index in [0.717, 1.165) is 5.69 Å². The second kappa shape index (κ2) is 5.68. The van der Waals surface area contributed by atoms with E-state index in [1.807, 2.05) is 35.6 Å². The molecular weight excluding hydrogens is 264 g/mol. The third kappa shape index (κ3) is 2.57. The van der Waals surface area contributed by atoms with Crippen LogP contribution in [0, 0.1) is 11.3 Å². The van der Waals surface area contributed by atoms with Gasteiger partial charge in [0.1, 0.15) is 6.07 Å². The standard InChI is InChI=1S/C17H18N2S/c1-12(19-15-8-4-2-7-14(15)11-18)17-10-13-6-3-5-9-16(13)20-17/h2,4,7-8,10,12,19H,3,5-6,9H2,1H3. The van der Waals surface area contributed by atoms with Gasteiger partial charge in [-0.1, -0.05) is 12.1 Å². The van der Waals surface area contributed by atoms with E-state index in [9.17, 15) is 0 Å². The van der Waals surface area contributed by atoms with Crippen LogP contribution in [-0.4, -0.2) is 0 Å². The van der Waals surface area contributed by atoms with E-state index in [1.165, 1.54) is 30.6 Å². The number of anilines is 1. The van der Waals surface area contributed by atoms with Crippen molar-refractivity contribution >= 4 is 17.0 Å². The maximum Gasteiger partial charge on any atom is 0.101 e. The maximum atomic E-state index is 9.15. The third-order valence-corrected chi connectivity index (χ3v) is 5.28. The Bertz CT molecular complexity index is 628. The minimum absolute atomic E-state index is 0.250. The minimum atomic E-state index is 0.250. The number of nitriles is 1. The Kier molecular flexibility index (Phi) is 3.75. The van der Waals surface area contributed by atoms with Crippen LogP contribution in [0.4, 0.5) is 5.69 Å². The van der Waals surface area contributed by atoms with E-state index >= 15 is 0 Å². The highest BCUT2D eigenvalue weighted by atomic mass is 32.1. The zero-order chi connectivity index (χ0) is 13.9. The molecule has 20 heavy (non-hydrogen) atoms. The van der Waals surface area contributed by atoms with Gasteiger partial charge in [0.2, 0.25) is 0 Å². The first kappa shape index (κ1) is 13.2. The second-order valence-electron chi connectivity index (χ2n) is 5.33. The van der Waals surface area contributed by atoms with Gasteiger partial charge in [-0.3, -0.25) is 0 Å². The first-order valence-electron chi connectivity index (χ1n) is 7.15. The highest BCUT2D eigenvalue weighted by Crippen LogP contribution is 2.34. The Morgan fingerprint density at radius 2 is 2.05 bits per heavy atom. The Balaban J connectivity index is 1.81. The fourth-order valence-corrected chi connectivity index (χ4v) is 4.00. The van der Waals surface area contributed by atoms with Crippen molar-refractivity contribution in [2.75, 3.05) is 5.32 Å². The fourth-order valence-electron chi connectivity index (χ4n) is 2.74. The largest absolute Gasteiger partial charge is 0.377 e. The minimum Gasteiger partial charge on any atom is -0.377 e. The second-order valence-corrected chi connectivity index (χ2v) is 6.50. The van der Waals surface area contributed by atoms with E-state index in [4.69, 9.17) is 5.26 Å². The van der Waals surface area contributed by atoms with Crippen molar-refractivity contribution in [3.05, 3.63) is 51.2 Å². The molecule has 1 heterocycles. The molecule has 2 nitrogen and oxygen atoms in total. The maximum absolute atomic E-state index is 9.15. The number of benzene rings is 1. The lowest BCUT2D eigenvalue weighted by Crippen LogP contribution is -2.06. The predicted molar refractivity (Wildman–Crippen MR) is 84.2 cm³/mol. The van der Waals surface area contributed by atoms with Crippen LogP contribution in [0.1, 0.15) is 46.7 Å². The van der Waals surface area contributed by atoms with Gasteiger partial charge in [-0.15, -0.1) is 11.3 Å². The number of nitrogens with zero attached hydrogens (tertiary/aromatic N) is 1.